The Morgan fingerprint density at radius 3 is 2.63 bits per heavy atom. The van der Waals surface area contributed by atoms with Crippen LogP contribution in [0.1, 0.15) is 5.56 Å². The second-order valence-electron chi connectivity index (χ2n) is 4.12. The lowest BCUT2D eigenvalue weighted by atomic mass is 10.1. The van der Waals surface area contributed by atoms with Crippen LogP contribution in [-0.4, -0.2) is 26.7 Å². The molecule has 0 atom stereocenters. The molecule has 0 aliphatic carbocycles. The maximum atomic E-state index is 12.2. The topological polar surface area (TPSA) is 72.3 Å². The van der Waals surface area contributed by atoms with Crippen molar-refractivity contribution < 1.29 is 4.74 Å². The molecule has 3 aromatic rings. The van der Waals surface area contributed by atoms with Crippen LogP contribution in [0.5, 0.6) is 6.01 Å². The maximum absolute atomic E-state index is 12.2. The van der Waals surface area contributed by atoms with E-state index in [-0.39, 0.29) is 11.6 Å². The number of H-pyrrole nitrogens is 1. The minimum atomic E-state index is -0.181. The minimum Gasteiger partial charge on any atom is -0.467 e. The number of hydrogen-bond donors (Lipinski definition) is 1. The van der Waals surface area contributed by atoms with E-state index in [0.717, 1.165) is 5.56 Å². The van der Waals surface area contributed by atoms with Crippen LogP contribution in [0.15, 0.2) is 35.1 Å². The summed E-state index contributed by atoms with van der Waals surface area (Å²) in [4.78, 5) is 20.8. The molecule has 2 heterocycles. The number of ether oxygens (including phenoxy) is 1. The first-order chi connectivity index (χ1) is 9.20. The van der Waals surface area contributed by atoms with E-state index in [2.05, 4.69) is 15.1 Å². The largest absolute Gasteiger partial charge is 0.467 e. The highest BCUT2D eigenvalue weighted by Gasteiger charge is 2.13. The zero-order chi connectivity index (χ0) is 13.4. The van der Waals surface area contributed by atoms with Gasteiger partial charge in [0.1, 0.15) is 0 Å². The van der Waals surface area contributed by atoms with Gasteiger partial charge in [0.2, 0.25) is 0 Å². The summed E-state index contributed by atoms with van der Waals surface area (Å²) in [5.41, 5.74) is 1.91. The average molecular weight is 256 g/mol. The van der Waals surface area contributed by atoms with Crippen molar-refractivity contribution in [3.8, 4) is 17.3 Å². The molecule has 1 aromatic carbocycles. The molecule has 0 saturated heterocycles. The van der Waals surface area contributed by atoms with Gasteiger partial charge in [0.15, 0.2) is 0 Å². The fraction of sp³-hybridized carbons (Fsp3) is 0.154. The SMILES string of the molecule is COc1nc2nc(-c3ccccc3)c(C)c(=O)n2[nH]1. The van der Waals surface area contributed by atoms with E-state index in [1.165, 1.54) is 11.6 Å². The summed E-state index contributed by atoms with van der Waals surface area (Å²) in [6.45, 7) is 1.75. The number of nitrogens with zero attached hydrogens (tertiary/aromatic N) is 3. The second-order valence-corrected chi connectivity index (χ2v) is 4.12. The Labute approximate surface area is 108 Å². The molecule has 0 aliphatic heterocycles. The van der Waals surface area contributed by atoms with Crippen LogP contribution < -0.4 is 10.3 Å². The van der Waals surface area contributed by atoms with Crippen molar-refractivity contribution in [1.82, 2.24) is 19.6 Å². The van der Waals surface area contributed by atoms with Gasteiger partial charge in [-0.2, -0.15) is 9.50 Å². The highest BCUT2D eigenvalue weighted by Crippen LogP contribution is 2.19. The molecule has 0 saturated carbocycles. The Balaban J connectivity index is 2.32. The van der Waals surface area contributed by atoms with Gasteiger partial charge in [-0.05, 0) is 6.92 Å². The minimum absolute atomic E-state index is 0.181. The molecular weight excluding hydrogens is 244 g/mol. The molecule has 2 aromatic heterocycles. The van der Waals surface area contributed by atoms with Gasteiger partial charge in [0.25, 0.3) is 11.3 Å². The highest BCUT2D eigenvalue weighted by atomic mass is 16.5. The van der Waals surface area contributed by atoms with E-state index >= 15 is 0 Å². The first-order valence-electron chi connectivity index (χ1n) is 5.79. The van der Waals surface area contributed by atoms with Gasteiger partial charge in [0.05, 0.1) is 12.8 Å². The summed E-state index contributed by atoms with van der Waals surface area (Å²) in [5, 5.41) is 2.74. The molecule has 3 rings (SSSR count). The number of benzene rings is 1. The smallest absolute Gasteiger partial charge is 0.312 e. The normalized spacial score (nSPS) is 10.8. The Bertz CT molecular complexity index is 790. The van der Waals surface area contributed by atoms with Crippen LogP contribution in [0.4, 0.5) is 0 Å². The van der Waals surface area contributed by atoms with Crippen molar-refractivity contribution in [3.63, 3.8) is 0 Å². The van der Waals surface area contributed by atoms with Gasteiger partial charge in [-0.25, -0.2) is 10.1 Å². The Kier molecular flexibility index (Phi) is 2.56. The van der Waals surface area contributed by atoms with Crippen LogP contribution in [-0.2, 0) is 0 Å². The van der Waals surface area contributed by atoms with E-state index in [0.29, 0.717) is 17.0 Å². The van der Waals surface area contributed by atoms with E-state index in [9.17, 15) is 4.79 Å². The number of fused-ring (bicyclic) bond motifs is 1. The van der Waals surface area contributed by atoms with E-state index < -0.39 is 0 Å². The first-order valence-corrected chi connectivity index (χ1v) is 5.79. The van der Waals surface area contributed by atoms with E-state index in [1.54, 1.807) is 6.92 Å². The lowest BCUT2D eigenvalue weighted by Crippen LogP contribution is -2.19. The summed E-state index contributed by atoms with van der Waals surface area (Å²) in [5.74, 6) is 0.298. The number of methoxy groups -OCH3 is 1. The third-order valence-electron chi connectivity index (χ3n) is 2.94. The van der Waals surface area contributed by atoms with Crippen LogP contribution >= 0.6 is 0 Å². The number of aromatic nitrogens is 4. The average Bonchev–Trinajstić information content (AvgIpc) is 2.87. The monoisotopic (exact) mass is 256 g/mol. The predicted molar refractivity (Wildman–Crippen MR) is 70.3 cm³/mol. The van der Waals surface area contributed by atoms with E-state index in [4.69, 9.17) is 4.74 Å². The van der Waals surface area contributed by atoms with Crippen molar-refractivity contribution in [1.29, 1.82) is 0 Å². The quantitative estimate of drug-likeness (QED) is 0.752. The summed E-state index contributed by atoms with van der Waals surface area (Å²) in [7, 11) is 1.48. The second kappa shape index (κ2) is 4.24. The number of nitrogens with one attached hydrogen (secondary N) is 1. The summed E-state index contributed by atoms with van der Waals surface area (Å²) in [6, 6.07) is 9.81. The molecule has 0 aliphatic rings. The zero-order valence-electron chi connectivity index (χ0n) is 10.5. The summed E-state index contributed by atoms with van der Waals surface area (Å²) < 4.78 is 6.25. The molecule has 0 unspecified atom stereocenters. The van der Waals surface area contributed by atoms with Gasteiger partial charge in [-0.15, -0.1) is 0 Å². The molecular formula is C13H12N4O2. The van der Waals surface area contributed by atoms with Crippen LogP contribution in [0, 0.1) is 6.92 Å². The molecule has 0 spiro atoms. The third kappa shape index (κ3) is 1.77. The lowest BCUT2D eigenvalue weighted by molar-refractivity contribution is 0.380. The van der Waals surface area contributed by atoms with Gasteiger partial charge < -0.3 is 4.74 Å². The van der Waals surface area contributed by atoms with Gasteiger partial charge in [0, 0.05) is 11.1 Å². The summed E-state index contributed by atoms with van der Waals surface area (Å²) in [6.07, 6.45) is 0. The van der Waals surface area contributed by atoms with Crippen LogP contribution in [0.25, 0.3) is 17.0 Å². The van der Waals surface area contributed by atoms with Gasteiger partial charge in [-0.1, -0.05) is 30.3 Å². The molecule has 0 bridgehead atoms. The van der Waals surface area contributed by atoms with Crippen molar-refractivity contribution in [3.05, 3.63) is 46.2 Å². The van der Waals surface area contributed by atoms with Crippen molar-refractivity contribution in [2.24, 2.45) is 0 Å². The van der Waals surface area contributed by atoms with Crippen molar-refractivity contribution in [2.75, 3.05) is 7.11 Å². The van der Waals surface area contributed by atoms with Crippen molar-refractivity contribution in [2.45, 2.75) is 6.92 Å². The standard InChI is InChI=1S/C13H12N4O2/c1-8-10(9-6-4-3-5-7-9)14-12-15-13(19-2)16-17(12)11(8)18/h3-7H,1-2H3,(H,14,15,16). The molecule has 0 fully saturated rings. The first kappa shape index (κ1) is 11.5. The lowest BCUT2D eigenvalue weighted by Gasteiger charge is -2.04. The molecule has 96 valence electrons. The van der Waals surface area contributed by atoms with Gasteiger partial charge >= 0.3 is 6.01 Å². The fourth-order valence-corrected chi connectivity index (χ4v) is 1.95. The maximum Gasteiger partial charge on any atom is 0.312 e. The number of aromatic amines is 1. The fourth-order valence-electron chi connectivity index (χ4n) is 1.95. The van der Waals surface area contributed by atoms with Crippen molar-refractivity contribution >= 4 is 5.78 Å². The zero-order valence-corrected chi connectivity index (χ0v) is 10.5. The van der Waals surface area contributed by atoms with Gasteiger partial charge in [-0.3, -0.25) is 4.79 Å². The van der Waals surface area contributed by atoms with Crippen LogP contribution in [0.2, 0.25) is 0 Å². The van der Waals surface area contributed by atoms with E-state index in [1.807, 2.05) is 30.3 Å². The molecule has 0 amide bonds. The number of hydrogen-bond acceptors (Lipinski definition) is 4. The Hall–Kier alpha value is -2.63. The number of rotatable bonds is 2. The molecule has 0 radical (unpaired) electrons. The molecule has 6 nitrogen and oxygen atoms in total. The van der Waals surface area contributed by atoms with Crippen LogP contribution in [0.3, 0.4) is 0 Å². The third-order valence-corrected chi connectivity index (χ3v) is 2.94. The molecule has 6 heteroatoms. The molecule has 19 heavy (non-hydrogen) atoms. The molecule has 1 N–H and O–H groups in total. The Morgan fingerprint density at radius 1 is 1.21 bits per heavy atom. The summed E-state index contributed by atoms with van der Waals surface area (Å²) >= 11 is 0. The highest BCUT2D eigenvalue weighted by molar-refractivity contribution is 5.64. The Morgan fingerprint density at radius 2 is 1.95 bits per heavy atom. The predicted octanol–water partition coefficient (Wildman–Crippen LogP) is 1.40.